The molecule has 3 rings (SSSR count). The van der Waals surface area contributed by atoms with Crippen LogP contribution in [0.15, 0.2) is 54.6 Å². The molecular formula is C21H23ClFN3O4P+. The summed E-state index contributed by atoms with van der Waals surface area (Å²) in [6.45, 7) is 1.49. The van der Waals surface area contributed by atoms with E-state index in [1.54, 1.807) is 49.8 Å². The number of halogens is 2. The molecule has 0 spiro atoms. The van der Waals surface area contributed by atoms with Gasteiger partial charge in [-0.3, -0.25) is 14.2 Å². The molecule has 2 aromatic heterocycles. The minimum Gasteiger partial charge on any atom is -0.350 e. The highest BCUT2D eigenvalue weighted by atomic mass is 35.5. The van der Waals surface area contributed by atoms with E-state index in [9.17, 15) is 13.8 Å². The number of rotatable bonds is 8. The summed E-state index contributed by atoms with van der Waals surface area (Å²) in [6, 6.07) is 8.55. The van der Waals surface area contributed by atoms with Gasteiger partial charge in [0.25, 0.3) is 5.91 Å². The maximum absolute atomic E-state index is 13.7. The molecule has 31 heavy (non-hydrogen) atoms. The van der Waals surface area contributed by atoms with E-state index in [0.29, 0.717) is 15.9 Å². The molecule has 164 valence electrons. The third kappa shape index (κ3) is 5.15. The summed E-state index contributed by atoms with van der Waals surface area (Å²) < 4.78 is 33.9. The van der Waals surface area contributed by atoms with Crippen molar-refractivity contribution >= 4 is 41.1 Å². The fourth-order valence-corrected chi connectivity index (χ4v) is 5.35. The van der Waals surface area contributed by atoms with Crippen LogP contribution in [-0.2, 0) is 15.6 Å². The SMILES string of the molecule is CO[n+]1ccc(CNC(=O)c2[nH]c3ccc(Cl)cc3c2P(=O)(C/C=C(\C)F)OC)cc1. The molecule has 2 heterocycles. The van der Waals surface area contributed by atoms with Crippen LogP contribution in [0, 0.1) is 0 Å². The van der Waals surface area contributed by atoms with Crippen LogP contribution in [-0.4, -0.2) is 31.3 Å². The third-order valence-electron chi connectivity index (χ3n) is 4.74. The number of amides is 1. The second-order valence-corrected chi connectivity index (χ2v) is 9.76. The van der Waals surface area contributed by atoms with Crippen LogP contribution in [0.25, 0.3) is 10.9 Å². The average molecular weight is 467 g/mol. The van der Waals surface area contributed by atoms with E-state index in [-0.39, 0.29) is 23.7 Å². The van der Waals surface area contributed by atoms with Gasteiger partial charge in [0.2, 0.25) is 19.8 Å². The van der Waals surface area contributed by atoms with Crippen molar-refractivity contribution in [2.45, 2.75) is 13.5 Å². The molecule has 0 bridgehead atoms. The molecule has 2 N–H and O–H groups in total. The van der Waals surface area contributed by atoms with Crippen molar-refractivity contribution in [3.05, 3.63) is 70.9 Å². The molecule has 1 unspecified atom stereocenters. The van der Waals surface area contributed by atoms with E-state index in [1.807, 2.05) is 0 Å². The first-order chi connectivity index (χ1) is 14.8. The number of aromatic amines is 1. The number of aromatic nitrogens is 2. The Morgan fingerprint density at radius 2 is 2.00 bits per heavy atom. The quantitative estimate of drug-likeness (QED) is 0.393. The Labute approximate surface area is 184 Å². The number of benzene rings is 1. The van der Waals surface area contributed by atoms with Crippen LogP contribution < -0.4 is 20.2 Å². The lowest BCUT2D eigenvalue weighted by atomic mass is 10.2. The summed E-state index contributed by atoms with van der Waals surface area (Å²) in [4.78, 5) is 21.1. The van der Waals surface area contributed by atoms with Crippen molar-refractivity contribution < 1.29 is 27.8 Å². The Morgan fingerprint density at radius 3 is 2.61 bits per heavy atom. The molecule has 0 radical (unpaired) electrons. The number of fused-ring (bicyclic) bond motifs is 1. The zero-order chi connectivity index (χ0) is 22.6. The Morgan fingerprint density at radius 1 is 1.29 bits per heavy atom. The number of nitrogens with zero attached hydrogens (tertiary/aromatic N) is 1. The number of carbonyl (C=O) groups is 1. The lowest BCUT2D eigenvalue weighted by Crippen LogP contribution is -2.39. The van der Waals surface area contributed by atoms with Crippen molar-refractivity contribution in [3.8, 4) is 0 Å². The van der Waals surface area contributed by atoms with E-state index in [4.69, 9.17) is 21.0 Å². The molecule has 0 saturated heterocycles. The zero-order valence-electron chi connectivity index (χ0n) is 17.3. The number of H-pyrrole nitrogens is 1. The molecular weight excluding hydrogens is 444 g/mol. The van der Waals surface area contributed by atoms with Gasteiger partial charge in [-0.05, 0) is 36.8 Å². The first-order valence-electron chi connectivity index (χ1n) is 9.39. The number of carbonyl (C=O) groups excluding carboxylic acids is 1. The summed E-state index contributed by atoms with van der Waals surface area (Å²) in [7, 11) is -0.788. The first-order valence-corrected chi connectivity index (χ1v) is 11.6. The predicted octanol–water partition coefficient (Wildman–Crippen LogP) is 3.52. The van der Waals surface area contributed by atoms with Crippen molar-refractivity contribution in [1.82, 2.24) is 10.3 Å². The molecule has 0 aliphatic rings. The monoisotopic (exact) mass is 466 g/mol. The van der Waals surface area contributed by atoms with Gasteiger partial charge in [0.15, 0.2) is 0 Å². The molecule has 1 amide bonds. The van der Waals surface area contributed by atoms with E-state index < -0.39 is 19.1 Å². The van der Waals surface area contributed by atoms with Gasteiger partial charge in [0.1, 0.15) is 12.8 Å². The first kappa shape index (κ1) is 23.0. The molecule has 0 fully saturated rings. The lowest BCUT2D eigenvalue weighted by Gasteiger charge is -2.16. The molecule has 0 aliphatic carbocycles. The largest absolute Gasteiger partial charge is 0.350 e. The number of allylic oxidation sites excluding steroid dienone is 2. The number of nitrogens with one attached hydrogen (secondary N) is 2. The van der Waals surface area contributed by atoms with Crippen LogP contribution in [0.2, 0.25) is 5.02 Å². The van der Waals surface area contributed by atoms with Crippen LogP contribution in [0.1, 0.15) is 23.0 Å². The van der Waals surface area contributed by atoms with Crippen molar-refractivity contribution in [2.75, 3.05) is 20.4 Å². The Hall–Kier alpha value is -2.67. The van der Waals surface area contributed by atoms with Gasteiger partial charge in [-0.1, -0.05) is 11.6 Å². The molecule has 1 aromatic carbocycles. The Balaban J connectivity index is 2.00. The number of pyridine rings is 1. The maximum Gasteiger partial charge on any atom is 0.268 e. The summed E-state index contributed by atoms with van der Waals surface area (Å²) in [5.74, 6) is -0.956. The van der Waals surface area contributed by atoms with Gasteiger partial charge >= 0.3 is 0 Å². The van der Waals surface area contributed by atoms with Gasteiger partial charge in [0, 0.05) is 52.6 Å². The Kier molecular flexibility index (Phi) is 7.15. The van der Waals surface area contributed by atoms with Crippen molar-refractivity contribution in [1.29, 1.82) is 0 Å². The predicted molar refractivity (Wildman–Crippen MR) is 118 cm³/mol. The maximum atomic E-state index is 13.7. The zero-order valence-corrected chi connectivity index (χ0v) is 19.0. The molecule has 0 saturated carbocycles. The third-order valence-corrected chi connectivity index (χ3v) is 7.38. The molecule has 10 heteroatoms. The van der Waals surface area contributed by atoms with Crippen molar-refractivity contribution in [2.24, 2.45) is 0 Å². The highest BCUT2D eigenvalue weighted by Gasteiger charge is 2.33. The molecule has 7 nitrogen and oxygen atoms in total. The normalized spacial score (nSPS) is 13.8. The van der Waals surface area contributed by atoms with E-state index >= 15 is 0 Å². The van der Waals surface area contributed by atoms with Crippen molar-refractivity contribution in [3.63, 3.8) is 0 Å². The topological polar surface area (TPSA) is 84.3 Å². The highest BCUT2D eigenvalue weighted by Crippen LogP contribution is 2.48. The minimum atomic E-state index is -3.61. The fraction of sp³-hybridized carbons (Fsp3) is 0.238. The van der Waals surface area contributed by atoms with E-state index in [2.05, 4.69) is 10.3 Å². The minimum absolute atomic E-state index is 0.0928. The molecule has 1 atom stereocenters. The van der Waals surface area contributed by atoms with Gasteiger partial charge < -0.3 is 14.8 Å². The molecule has 0 aliphatic heterocycles. The van der Waals surface area contributed by atoms with Crippen LogP contribution >= 0.6 is 19.0 Å². The summed E-state index contributed by atoms with van der Waals surface area (Å²) in [5, 5.41) is 3.90. The van der Waals surface area contributed by atoms with Gasteiger partial charge in [-0.15, -0.1) is 0 Å². The number of hydrogen-bond donors (Lipinski definition) is 2. The van der Waals surface area contributed by atoms with E-state index in [1.165, 1.54) is 24.8 Å². The second kappa shape index (κ2) is 9.64. The van der Waals surface area contributed by atoms with E-state index in [0.717, 1.165) is 5.56 Å². The smallest absolute Gasteiger partial charge is 0.268 e. The van der Waals surface area contributed by atoms with Crippen LogP contribution in [0.4, 0.5) is 4.39 Å². The lowest BCUT2D eigenvalue weighted by molar-refractivity contribution is -0.885. The van der Waals surface area contributed by atoms with Gasteiger partial charge in [-0.25, -0.2) is 4.39 Å². The highest BCUT2D eigenvalue weighted by molar-refractivity contribution is 7.67. The average Bonchev–Trinajstić information content (AvgIpc) is 3.15. The Bertz CT molecular complexity index is 1170. The van der Waals surface area contributed by atoms with Crippen LogP contribution in [0.3, 0.4) is 0 Å². The van der Waals surface area contributed by atoms with Gasteiger partial charge in [0.05, 0.1) is 11.1 Å². The summed E-state index contributed by atoms with van der Waals surface area (Å²) in [5.41, 5.74) is 1.51. The fourth-order valence-electron chi connectivity index (χ4n) is 3.13. The van der Waals surface area contributed by atoms with Gasteiger partial charge in [-0.2, -0.15) is 0 Å². The van der Waals surface area contributed by atoms with Crippen LogP contribution in [0.5, 0.6) is 0 Å². The summed E-state index contributed by atoms with van der Waals surface area (Å²) >= 11 is 6.14. The standard InChI is InChI=1S/C21H22ClFN3O4P/c1-14(23)8-11-31(28,30-3)20-17-12-16(22)4-5-18(17)25-19(20)21(27)24-13-15-6-9-26(29-2)10-7-15/h4-10,12H,11,13H2,1-3H3,(H-,24,25,27,28)/p+1/b14-8+. The summed E-state index contributed by atoms with van der Waals surface area (Å²) in [6.07, 6.45) is 4.41. The molecule has 3 aromatic rings. The second-order valence-electron chi connectivity index (χ2n) is 6.80. The number of hydrogen-bond acceptors (Lipinski definition) is 4.